The molecule has 0 saturated heterocycles. The van der Waals surface area contributed by atoms with Crippen molar-refractivity contribution < 1.29 is 9.84 Å². The first-order valence-corrected chi connectivity index (χ1v) is 8.51. The third-order valence-electron chi connectivity index (χ3n) is 4.37. The van der Waals surface area contributed by atoms with E-state index in [1.165, 1.54) is 0 Å². The van der Waals surface area contributed by atoms with Crippen LogP contribution in [-0.2, 0) is 6.54 Å². The van der Waals surface area contributed by atoms with Crippen molar-refractivity contribution in [1.29, 1.82) is 0 Å². The minimum Gasteiger partial charge on any atom is -0.493 e. The number of ether oxygens (including phenoxy) is 1. The Morgan fingerprint density at radius 1 is 1.04 bits per heavy atom. The number of rotatable bonds is 5. The molecule has 26 heavy (non-hydrogen) atoms. The van der Waals surface area contributed by atoms with Crippen LogP contribution in [0, 0.1) is 4.91 Å². The molecule has 0 aliphatic carbocycles. The Hall–Kier alpha value is -3.05. The molecular weight excluding hydrogens is 352 g/mol. The lowest BCUT2D eigenvalue weighted by molar-refractivity contribution is 0.291. The summed E-state index contributed by atoms with van der Waals surface area (Å²) in [6.45, 7) is 0.672. The van der Waals surface area contributed by atoms with Gasteiger partial charge in [0, 0.05) is 10.4 Å². The van der Waals surface area contributed by atoms with Crippen molar-refractivity contribution in [1.82, 2.24) is 4.57 Å². The van der Waals surface area contributed by atoms with Gasteiger partial charge in [0.05, 0.1) is 12.1 Å². The standard InChI is InChI=1S/C20H15ClN2O3/c21-15-6-8-17-18(12-15)23(20(24)19(17)22-25)9-10-26-16-7-5-13-3-1-2-4-14(13)11-16/h1-8,11-12,24H,9-10H2. The zero-order valence-electron chi connectivity index (χ0n) is 13.7. The van der Waals surface area contributed by atoms with Gasteiger partial charge in [-0.2, -0.15) is 0 Å². The van der Waals surface area contributed by atoms with Gasteiger partial charge in [0.1, 0.15) is 12.4 Å². The molecule has 0 spiro atoms. The van der Waals surface area contributed by atoms with E-state index in [-0.39, 0.29) is 11.6 Å². The van der Waals surface area contributed by atoms with E-state index in [1.54, 1.807) is 22.8 Å². The van der Waals surface area contributed by atoms with Crippen molar-refractivity contribution in [2.45, 2.75) is 6.54 Å². The predicted octanol–water partition coefficient (Wildman–Crippen LogP) is 5.63. The number of benzene rings is 3. The average molecular weight is 367 g/mol. The van der Waals surface area contributed by atoms with Crippen LogP contribution in [0.1, 0.15) is 0 Å². The van der Waals surface area contributed by atoms with Crippen molar-refractivity contribution in [2.24, 2.45) is 5.18 Å². The number of aromatic nitrogens is 1. The van der Waals surface area contributed by atoms with Crippen molar-refractivity contribution in [3.05, 3.63) is 70.6 Å². The monoisotopic (exact) mass is 366 g/mol. The number of nitrogens with zero attached hydrogens (tertiary/aromatic N) is 2. The largest absolute Gasteiger partial charge is 0.493 e. The van der Waals surface area contributed by atoms with Crippen LogP contribution in [0.5, 0.6) is 11.6 Å². The highest BCUT2D eigenvalue weighted by atomic mass is 35.5. The van der Waals surface area contributed by atoms with Crippen LogP contribution in [-0.4, -0.2) is 16.3 Å². The van der Waals surface area contributed by atoms with Crippen molar-refractivity contribution in [3.8, 4) is 11.6 Å². The summed E-state index contributed by atoms with van der Waals surface area (Å²) in [5.41, 5.74) is 0.661. The Balaban J connectivity index is 1.58. The summed E-state index contributed by atoms with van der Waals surface area (Å²) >= 11 is 6.05. The molecule has 0 bridgehead atoms. The number of hydrogen-bond donors (Lipinski definition) is 1. The fraction of sp³-hybridized carbons (Fsp3) is 0.100. The minimum absolute atomic E-state index is 0.0161. The number of hydrogen-bond acceptors (Lipinski definition) is 4. The molecule has 0 radical (unpaired) electrons. The van der Waals surface area contributed by atoms with Gasteiger partial charge in [-0.3, -0.25) is 0 Å². The van der Waals surface area contributed by atoms with Gasteiger partial charge in [-0.1, -0.05) is 41.9 Å². The third-order valence-corrected chi connectivity index (χ3v) is 4.60. The summed E-state index contributed by atoms with van der Waals surface area (Å²) in [5, 5.41) is 16.6. The van der Waals surface area contributed by atoms with E-state index in [0.717, 1.165) is 16.5 Å². The van der Waals surface area contributed by atoms with E-state index in [2.05, 4.69) is 5.18 Å². The maximum Gasteiger partial charge on any atom is 0.222 e. The third kappa shape index (κ3) is 2.86. The molecule has 6 heteroatoms. The highest BCUT2D eigenvalue weighted by molar-refractivity contribution is 6.31. The highest BCUT2D eigenvalue weighted by Gasteiger charge is 2.17. The van der Waals surface area contributed by atoms with E-state index in [9.17, 15) is 10.0 Å². The molecular formula is C20H15ClN2O3. The Labute approximate surface area is 154 Å². The second-order valence-corrected chi connectivity index (χ2v) is 6.37. The normalized spacial score (nSPS) is 11.1. The molecule has 1 heterocycles. The molecule has 130 valence electrons. The second kappa shape index (κ2) is 6.69. The summed E-state index contributed by atoms with van der Waals surface area (Å²) in [4.78, 5) is 11.1. The molecule has 3 aromatic carbocycles. The van der Waals surface area contributed by atoms with Gasteiger partial charge in [-0.15, -0.1) is 4.91 Å². The zero-order valence-corrected chi connectivity index (χ0v) is 14.5. The lowest BCUT2D eigenvalue weighted by atomic mass is 10.1. The van der Waals surface area contributed by atoms with Gasteiger partial charge >= 0.3 is 0 Å². The molecule has 0 aliphatic heterocycles. The Bertz CT molecular complexity index is 1120. The number of nitroso groups, excluding NO2 is 1. The molecule has 4 rings (SSSR count). The van der Waals surface area contributed by atoms with Crippen LogP contribution in [0.25, 0.3) is 21.7 Å². The van der Waals surface area contributed by atoms with Gasteiger partial charge in [0.2, 0.25) is 5.88 Å². The van der Waals surface area contributed by atoms with E-state index in [1.807, 2.05) is 42.5 Å². The van der Waals surface area contributed by atoms with E-state index in [0.29, 0.717) is 29.1 Å². The van der Waals surface area contributed by atoms with Crippen LogP contribution in [0.15, 0.2) is 65.8 Å². The van der Waals surface area contributed by atoms with Crippen LogP contribution in [0.2, 0.25) is 5.02 Å². The second-order valence-electron chi connectivity index (χ2n) is 5.93. The van der Waals surface area contributed by atoms with E-state index >= 15 is 0 Å². The van der Waals surface area contributed by atoms with Crippen LogP contribution < -0.4 is 4.74 Å². The summed E-state index contributed by atoms with van der Waals surface area (Å²) < 4.78 is 7.40. The van der Waals surface area contributed by atoms with Crippen LogP contribution in [0.4, 0.5) is 5.69 Å². The molecule has 0 fully saturated rings. The van der Waals surface area contributed by atoms with Gasteiger partial charge < -0.3 is 14.4 Å². The van der Waals surface area contributed by atoms with Crippen molar-refractivity contribution in [3.63, 3.8) is 0 Å². The van der Waals surface area contributed by atoms with Gasteiger partial charge in [-0.05, 0) is 46.3 Å². The lowest BCUT2D eigenvalue weighted by Gasteiger charge is -2.10. The van der Waals surface area contributed by atoms with Crippen LogP contribution in [0.3, 0.4) is 0 Å². The smallest absolute Gasteiger partial charge is 0.222 e. The van der Waals surface area contributed by atoms with Crippen molar-refractivity contribution in [2.75, 3.05) is 6.61 Å². The lowest BCUT2D eigenvalue weighted by Crippen LogP contribution is -2.07. The highest BCUT2D eigenvalue weighted by Crippen LogP contribution is 2.39. The number of aromatic hydroxyl groups is 1. The Morgan fingerprint density at radius 3 is 2.65 bits per heavy atom. The van der Waals surface area contributed by atoms with Crippen LogP contribution >= 0.6 is 11.6 Å². The van der Waals surface area contributed by atoms with Crippen molar-refractivity contribution >= 4 is 39.0 Å². The molecule has 0 unspecified atom stereocenters. The maximum atomic E-state index is 11.1. The zero-order chi connectivity index (χ0) is 18.1. The predicted molar refractivity (Wildman–Crippen MR) is 104 cm³/mol. The molecule has 1 aromatic heterocycles. The molecule has 1 N–H and O–H groups in total. The summed E-state index contributed by atoms with van der Waals surface area (Å²) in [6, 6.07) is 19.0. The minimum atomic E-state index is -0.181. The fourth-order valence-corrected chi connectivity index (χ4v) is 3.29. The SMILES string of the molecule is O=Nc1c(O)n(CCOc2ccc3ccccc3c2)c2cc(Cl)ccc12. The first-order chi connectivity index (χ1) is 12.7. The fourth-order valence-electron chi connectivity index (χ4n) is 3.12. The Kier molecular flexibility index (Phi) is 4.22. The van der Waals surface area contributed by atoms with Gasteiger partial charge in [0.25, 0.3) is 0 Å². The topological polar surface area (TPSA) is 63.8 Å². The molecule has 0 saturated carbocycles. The Morgan fingerprint density at radius 2 is 1.85 bits per heavy atom. The van der Waals surface area contributed by atoms with E-state index < -0.39 is 0 Å². The molecule has 0 amide bonds. The van der Waals surface area contributed by atoms with Gasteiger partial charge in [-0.25, -0.2) is 0 Å². The number of fused-ring (bicyclic) bond motifs is 2. The van der Waals surface area contributed by atoms with E-state index in [4.69, 9.17) is 16.3 Å². The van der Waals surface area contributed by atoms with Gasteiger partial charge in [0.15, 0.2) is 5.69 Å². The molecule has 0 atom stereocenters. The molecule has 0 aliphatic rings. The molecule has 5 nitrogen and oxygen atoms in total. The maximum absolute atomic E-state index is 11.1. The summed E-state index contributed by atoms with van der Waals surface area (Å²) in [5.74, 6) is 0.561. The summed E-state index contributed by atoms with van der Waals surface area (Å²) in [6.07, 6.45) is 0. The first kappa shape index (κ1) is 16.4. The average Bonchev–Trinajstić information content (AvgIpc) is 2.92. The number of halogens is 1. The first-order valence-electron chi connectivity index (χ1n) is 8.13. The summed E-state index contributed by atoms with van der Waals surface area (Å²) in [7, 11) is 0. The molecule has 4 aromatic rings. The quantitative estimate of drug-likeness (QED) is 0.465.